The van der Waals surface area contributed by atoms with Crippen molar-refractivity contribution < 1.29 is 43.0 Å². The molecular weight excluding hydrogens is 574 g/mol. The second kappa shape index (κ2) is 13.6. The van der Waals surface area contributed by atoms with E-state index in [1.54, 1.807) is 20.8 Å². The average molecular weight is 612 g/mol. The summed E-state index contributed by atoms with van der Waals surface area (Å²) in [7, 11) is 1.20. The molecule has 0 unspecified atom stereocenters. The number of para-hydroxylation sites is 1. The van der Waals surface area contributed by atoms with E-state index in [0.29, 0.717) is 24.1 Å². The van der Waals surface area contributed by atoms with Crippen LogP contribution >= 0.6 is 0 Å². The number of nitrogens with zero attached hydrogens (tertiary/aromatic N) is 1. The van der Waals surface area contributed by atoms with Crippen LogP contribution in [0.5, 0.6) is 0 Å². The largest absolute Gasteiger partial charge is 0.467 e. The molecule has 2 aliphatic rings. The van der Waals surface area contributed by atoms with Crippen LogP contribution in [0.2, 0.25) is 0 Å². The van der Waals surface area contributed by atoms with E-state index in [4.69, 9.17) is 14.2 Å². The summed E-state index contributed by atoms with van der Waals surface area (Å²) < 4.78 is 15.6. The first kappa shape index (κ1) is 32.0. The van der Waals surface area contributed by atoms with Crippen LogP contribution in [-0.4, -0.2) is 96.2 Å². The zero-order valence-electron chi connectivity index (χ0n) is 25.1. The van der Waals surface area contributed by atoms with Gasteiger partial charge in [0.2, 0.25) is 17.7 Å². The van der Waals surface area contributed by atoms with Crippen LogP contribution in [0.3, 0.4) is 0 Å². The number of hydrogen-bond donors (Lipinski definition) is 4. The second-order valence-electron chi connectivity index (χ2n) is 11.5. The number of cyclic esters (lactones) is 1. The van der Waals surface area contributed by atoms with Crippen molar-refractivity contribution in [3.05, 3.63) is 41.6 Å². The molecule has 1 saturated heterocycles. The van der Waals surface area contributed by atoms with Crippen molar-refractivity contribution in [3.63, 3.8) is 0 Å². The van der Waals surface area contributed by atoms with Gasteiger partial charge in [0.15, 0.2) is 0 Å². The number of carbonyl (C=O) groups is 6. The molecule has 4 rings (SSSR count). The van der Waals surface area contributed by atoms with Crippen molar-refractivity contribution in [1.29, 1.82) is 0 Å². The zero-order chi connectivity index (χ0) is 32.0. The third kappa shape index (κ3) is 7.94. The first-order valence-electron chi connectivity index (χ1n) is 14.3. The lowest BCUT2D eigenvalue weighted by molar-refractivity contribution is -0.146. The van der Waals surface area contributed by atoms with Crippen LogP contribution < -0.4 is 16.0 Å². The Morgan fingerprint density at radius 3 is 2.57 bits per heavy atom. The Balaban J connectivity index is 1.68. The van der Waals surface area contributed by atoms with Gasteiger partial charge in [-0.15, -0.1) is 0 Å². The average Bonchev–Trinajstić information content (AvgIpc) is 3.59. The molecule has 14 nitrogen and oxygen atoms in total. The predicted octanol–water partition coefficient (Wildman–Crippen LogP) is 0.939. The van der Waals surface area contributed by atoms with Gasteiger partial charge in [-0.2, -0.15) is 0 Å². The van der Waals surface area contributed by atoms with Crippen molar-refractivity contribution >= 4 is 52.7 Å². The van der Waals surface area contributed by atoms with Crippen molar-refractivity contribution in [3.8, 4) is 0 Å². The van der Waals surface area contributed by atoms with Crippen molar-refractivity contribution in [2.24, 2.45) is 0 Å². The third-order valence-electron chi connectivity index (χ3n) is 7.10. The van der Waals surface area contributed by atoms with Gasteiger partial charge in [0, 0.05) is 35.6 Å². The molecule has 4 amide bonds. The lowest BCUT2D eigenvalue weighted by atomic mass is 10.0. The maximum absolute atomic E-state index is 13.6. The van der Waals surface area contributed by atoms with Gasteiger partial charge < -0.3 is 40.0 Å². The minimum Gasteiger partial charge on any atom is -0.467 e. The number of rotatable bonds is 2. The molecule has 1 aromatic heterocycles. The van der Waals surface area contributed by atoms with Crippen LogP contribution in [0.15, 0.2) is 30.3 Å². The molecule has 44 heavy (non-hydrogen) atoms. The number of amides is 4. The van der Waals surface area contributed by atoms with Gasteiger partial charge in [-0.25, -0.2) is 14.4 Å². The van der Waals surface area contributed by atoms with Crippen LogP contribution in [0, 0.1) is 0 Å². The highest BCUT2D eigenvalue weighted by Crippen LogP contribution is 2.25. The first-order chi connectivity index (χ1) is 20.9. The number of benzene rings is 1. The molecular formula is C30H37N5O9. The minimum atomic E-state index is -1.35. The number of aromatic nitrogens is 1. The molecule has 0 saturated carbocycles. The van der Waals surface area contributed by atoms with Gasteiger partial charge in [0.1, 0.15) is 30.3 Å². The Morgan fingerprint density at radius 2 is 1.84 bits per heavy atom. The lowest BCUT2D eigenvalue weighted by Crippen LogP contribution is -2.56. The highest BCUT2D eigenvalue weighted by molar-refractivity contribution is 5.95. The number of nitrogens with one attached hydrogen (secondary N) is 4. The zero-order valence-corrected chi connectivity index (χ0v) is 25.1. The summed E-state index contributed by atoms with van der Waals surface area (Å²) in [5, 5.41) is 8.35. The fourth-order valence-electron chi connectivity index (χ4n) is 5.15. The monoisotopic (exact) mass is 611 g/mol. The van der Waals surface area contributed by atoms with Gasteiger partial charge in [-0.3, -0.25) is 14.4 Å². The number of ether oxygens (including phenoxy) is 3. The van der Waals surface area contributed by atoms with Gasteiger partial charge in [-0.1, -0.05) is 18.2 Å². The minimum absolute atomic E-state index is 0.0118. The van der Waals surface area contributed by atoms with Gasteiger partial charge in [0.05, 0.1) is 13.7 Å². The maximum Gasteiger partial charge on any atom is 0.408 e. The Morgan fingerprint density at radius 1 is 1.09 bits per heavy atom. The van der Waals surface area contributed by atoms with Crippen molar-refractivity contribution in [2.75, 3.05) is 26.8 Å². The van der Waals surface area contributed by atoms with E-state index >= 15 is 0 Å². The molecule has 0 spiro atoms. The number of fused-ring (bicyclic) bond motifs is 4. The summed E-state index contributed by atoms with van der Waals surface area (Å²) in [6, 6.07) is 3.88. The summed E-state index contributed by atoms with van der Waals surface area (Å²) >= 11 is 0. The highest BCUT2D eigenvalue weighted by atomic mass is 16.6. The van der Waals surface area contributed by atoms with Crippen LogP contribution in [-0.2, 0) is 44.6 Å². The fraction of sp³-hybridized carbons (Fsp3) is 0.467. The molecule has 0 aliphatic carbocycles. The van der Waals surface area contributed by atoms with Gasteiger partial charge in [-0.05, 0) is 51.3 Å². The highest BCUT2D eigenvalue weighted by Gasteiger charge is 2.39. The van der Waals surface area contributed by atoms with E-state index in [0.717, 1.165) is 17.0 Å². The van der Waals surface area contributed by atoms with Gasteiger partial charge >= 0.3 is 18.0 Å². The second-order valence-corrected chi connectivity index (χ2v) is 11.5. The summed E-state index contributed by atoms with van der Waals surface area (Å²) in [5.74, 6) is -3.39. The van der Waals surface area contributed by atoms with Crippen molar-refractivity contribution in [2.45, 2.75) is 63.8 Å². The Kier molecular flexibility index (Phi) is 9.91. The summed E-state index contributed by atoms with van der Waals surface area (Å²) in [6.45, 7) is 4.20. The number of alkyl carbamates (subject to hydrolysis) is 1. The van der Waals surface area contributed by atoms with E-state index in [-0.39, 0.29) is 13.0 Å². The number of aromatic amines is 1. The number of esters is 2. The molecule has 2 aromatic rings. The van der Waals surface area contributed by atoms with E-state index in [1.807, 2.05) is 24.3 Å². The summed E-state index contributed by atoms with van der Waals surface area (Å²) in [4.78, 5) is 82.1. The van der Waals surface area contributed by atoms with Crippen LogP contribution in [0.25, 0.3) is 17.0 Å². The quantitative estimate of drug-likeness (QED) is 0.283. The molecule has 2 aliphatic heterocycles. The molecule has 0 bridgehead atoms. The summed E-state index contributed by atoms with van der Waals surface area (Å²) in [5.41, 5.74) is 0.950. The molecule has 1 fully saturated rings. The van der Waals surface area contributed by atoms with E-state index in [2.05, 4.69) is 20.9 Å². The normalized spacial score (nSPS) is 22.8. The van der Waals surface area contributed by atoms with Gasteiger partial charge in [0.25, 0.3) is 0 Å². The Hall–Kier alpha value is -4.88. The maximum atomic E-state index is 13.6. The number of methoxy groups -OCH3 is 1. The SMILES string of the molecule is COC(=O)[C@@H]1Cc2c([nH]c3ccccc23)/C=C/C(=O)OC[C@H](NC(=O)OC(C)(C)C)C(=O)N2CCC[C@H]2C(=O)NCC(=O)N1. The fourth-order valence-corrected chi connectivity index (χ4v) is 5.15. The predicted molar refractivity (Wildman–Crippen MR) is 157 cm³/mol. The third-order valence-corrected chi connectivity index (χ3v) is 7.10. The number of H-pyrrole nitrogens is 1. The summed E-state index contributed by atoms with van der Waals surface area (Å²) in [6.07, 6.45) is 2.53. The van der Waals surface area contributed by atoms with E-state index < -0.39 is 72.6 Å². The Bertz CT molecular complexity index is 1470. The van der Waals surface area contributed by atoms with Crippen LogP contribution in [0.4, 0.5) is 4.79 Å². The lowest BCUT2D eigenvalue weighted by Gasteiger charge is -2.29. The first-order valence-corrected chi connectivity index (χ1v) is 14.3. The molecule has 3 heterocycles. The number of carbonyl (C=O) groups excluding carboxylic acids is 6. The smallest absolute Gasteiger partial charge is 0.408 e. The van der Waals surface area contributed by atoms with Crippen LogP contribution in [0.1, 0.15) is 44.9 Å². The molecule has 236 valence electrons. The topological polar surface area (TPSA) is 185 Å². The standard InChI is InChI=1S/C30H37N5O9/c1-30(2,3)44-29(41)34-22-16-43-25(37)12-11-20-18(17-8-5-6-9-19(17)32-20)14-21(28(40)42-4)33-24(36)15-31-26(38)23-10-7-13-35(23)27(22)39/h5-6,8-9,11-12,21-23,32H,7,10,13-16H2,1-4H3,(H,31,38)(H,33,36)(H,34,41)/b12-11+/t21-,22-,23-/m0/s1. The molecule has 4 N–H and O–H groups in total. The molecule has 1 aromatic carbocycles. The molecule has 0 radical (unpaired) electrons. The van der Waals surface area contributed by atoms with E-state index in [9.17, 15) is 28.8 Å². The Labute approximate surface area is 253 Å². The van der Waals surface area contributed by atoms with Crippen molar-refractivity contribution in [1.82, 2.24) is 25.8 Å². The van der Waals surface area contributed by atoms with E-state index in [1.165, 1.54) is 18.1 Å². The number of hydrogen-bond acceptors (Lipinski definition) is 9. The molecule has 3 atom stereocenters. The molecule has 14 heteroatoms.